The molecule has 0 fully saturated rings. The molecule has 0 aliphatic heterocycles. The smallest absolute Gasteiger partial charge is 0.256 e. The van der Waals surface area contributed by atoms with Gasteiger partial charge < -0.3 is 10.1 Å². The molecule has 7 heteroatoms. The van der Waals surface area contributed by atoms with Gasteiger partial charge in [0.15, 0.2) is 0 Å². The Kier molecular flexibility index (Phi) is 6.94. The Hall–Kier alpha value is -3.48. The summed E-state index contributed by atoms with van der Waals surface area (Å²) in [5.41, 5.74) is 2.97. The fraction of sp³-hybridized carbons (Fsp3) is 0.0800. The Balaban J connectivity index is 1.44. The van der Waals surface area contributed by atoms with Crippen molar-refractivity contribution in [3.8, 4) is 5.75 Å². The number of hydrogen-bond acceptors (Lipinski definition) is 5. The second-order valence-electron chi connectivity index (χ2n) is 7.02. The lowest BCUT2D eigenvalue weighted by molar-refractivity contribution is 0.102. The lowest BCUT2D eigenvalue weighted by atomic mass is 10.1. The number of amides is 1. The number of anilines is 1. The number of nitrogens with zero attached hydrogens (tertiary/aromatic N) is 1. The van der Waals surface area contributed by atoms with Gasteiger partial charge in [0.1, 0.15) is 24.5 Å². The molecule has 0 radical (unpaired) electrons. The van der Waals surface area contributed by atoms with Gasteiger partial charge in [-0.25, -0.2) is 4.98 Å². The van der Waals surface area contributed by atoms with Crippen LogP contribution in [-0.2, 0) is 13.0 Å². The van der Waals surface area contributed by atoms with Crippen molar-refractivity contribution >= 4 is 40.9 Å². The highest BCUT2D eigenvalue weighted by molar-refractivity contribution is 7.10. The highest BCUT2D eigenvalue weighted by Gasteiger charge is 2.12. The number of rotatable bonds is 8. The second kappa shape index (κ2) is 10.2. The molecule has 1 amide bonds. The summed E-state index contributed by atoms with van der Waals surface area (Å²) in [5.74, 6) is 0.937. The molecule has 0 aliphatic carbocycles. The Morgan fingerprint density at radius 2 is 1.84 bits per heavy atom. The summed E-state index contributed by atoms with van der Waals surface area (Å²) in [6.07, 6.45) is 1.27. The van der Waals surface area contributed by atoms with Gasteiger partial charge in [-0.15, -0.1) is 11.3 Å². The van der Waals surface area contributed by atoms with Gasteiger partial charge >= 0.3 is 0 Å². The number of halogens is 1. The minimum Gasteiger partial charge on any atom is -0.489 e. The van der Waals surface area contributed by atoms with E-state index in [1.165, 1.54) is 11.3 Å². The van der Waals surface area contributed by atoms with Crippen LogP contribution in [0.2, 0.25) is 5.02 Å². The van der Waals surface area contributed by atoms with Crippen LogP contribution in [0, 0.1) is 0 Å². The number of benzene rings is 3. The van der Waals surface area contributed by atoms with Crippen molar-refractivity contribution in [2.75, 3.05) is 5.32 Å². The van der Waals surface area contributed by atoms with Gasteiger partial charge in [0.05, 0.1) is 5.01 Å². The van der Waals surface area contributed by atoms with E-state index in [2.05, 4.69) is 10.3 Å². The summed E-state index contributed by atoms with van der Waals surface area (Å²) in [5, 5.41) is 6.03. The molecule has 0 unspecified atom stereocenters. The topological polar surface area (TPSA) is 68.3 Å². The number of ether oxygens (including phenoxy) is 1. The Morgan fingerprint density at radius 1 is 1.06 bits per heavy atom. The molecular weight excluding hydrogens is 444 g/mol. The van der Waals surface area contributed by atoms with E-state index < -0.39 is 0 Å². The predicted octanol–water partition coefficient (Wildman–Crippen LogP) is 6.03. The third kappa shape index (κ3) is 5.60. The lowest BCUT2D eigenvalue weighted by Crippen LogP contribution is -2.12. The maximum Gasteiger partial charge on any atom is 0.256 e. The monoisotopic (exact) mass is 462 g/mol. The molecule has 1 heterocycles. The van der Waals surface area contributed by atoms with Crippen LogP contribution in [0.5, 0.6) is 5.75 Å². The van der Waals surface area contributed by atoms with Crippen molar-refractivity contribution in [2.24, 2.45) is 0 Å². The van der Waals surface area contributed by atoms with Crippen LogP contribution in [0.4, 0.5) is 5.82 Å². The van der Waals surface area contributed by atoms with Crippen molar-refractivity contribution in [1.29, 1.82) is 0 Å². The molecular formula is C25H19ClN2O3S. The zero-order chi connectivity index (χ0) is 22.3. The fourth-order valence-corrected chi connectivity index (χ4v) is 4.02. The average molecular weight is 463 g/mol. The highest BCUT2D eigenvalue weighted by atomic mass is 35.5. The molecule has 0 saturated carbocycles. The quantitative estimate of drug-likeness (QED) is 0.324. The lowest BCUT2D eigenvalue weighted by Gasteiger charge is -2.11. The zero-order valence-electron chi connectivity index (χ0n) is 17.0. The van der Waals surface area contributed by atoms with Crippen LogP contribution in [0.25, 0.3) is 0 Å². The van der Waals surface area contributed by atoms with E-state index in [0.29, 0.717) is 35.0 Å². The molecule has 5 nitrogen and oxygen atoms in total. The van der Waals surface area contributed by atoms with Crippen molar-refractivity contribution in [3.63, 3.8) is 0 Å². The molecule has 1 N–H and O–H groups in total. The van der Waals surface area contributed by atoms with E-state index in [1.54, 1.807) is 35.7 Å². The molecule has 160 valence electrons. The molecule has 32 heavy (non-hydrogen) atoms. The zero-order valence-corrected chi connectivity index (χ0v) is 18.5. The van der Waals surface area contributed by atoms with E-state index in [-0.39, 0.29) is 5.91 Å². The van der Waals surface area contributed by atoms with Gasteiger partial charge in [-0.2, -0.15) is 0 Å². The van der Waals surface area contributed by atoms with E-state index in [9.17, 15) is 9.59 Å². The minimum absolute atomic E-state index is 0.283. The Morgan fingerprint density at radius 3 is 2.59 bits per heavy atom. The molecule has 0 bridgehead atoms. The van der Waals surface area contributed by atoms with E-state index in [4.69, 9.17) is 16.3 Å². The van der Waals surface area contributed by atoms with Gasteiger partial charge in [0.2, 0.25) is 0 Å². The number of hydrogen-bond donors (Lipinski definition) is 1. The first-order valence-corrected chi connectivity index (χ1v) is 11.1. The minimum atomic E-state index is -0.283. The van der Waals surface area contributed by atoms with Crippen molar-refractivity contribution in [3.05, 3.63) is 110 Å². The summed E-state index contributed by atoms with van der Waals surface area (Å²) in [7, 11) is 0. The number of aldehydes is 1. The molecule has 1 aromatic heterocycles. The summed E-state index contributed by atoms with van der Waals surface area (Å²) in [6.45, 7) is 0.456. The van der Waals surface area contributed by atoms with Crippen molar-refractivity contribution in [2.45, 2.75) is 13.0 Å². The highest BCUT2D eigenvalue weighted by Crippen LogP contribution is 2.28. The van der Waals surface area contributed by atoms with E-state index in [0.717, 1.165) is 28.2 Å². The SMILES string of the molecule is O=Cc1ccc(C(=O)Nc2csc(Cc3cc(Cl)ccc3OCc3ccccc3)n2)cc1. The molecule has 0 aliphatic rings. The Labute approximate surface area is 194 Å². The van der Waals surface area contributed by atoms with Crippen LogP contribution in [0.1, 0.15) is 36.9 Å². The van der Waals surface area contributed by atoms with Gasteiger partial charge in [-0.3, -0.25) is 9.59 Å². The van der Waals surface area contributed by atoms with Crippen LogP contribution in [-0.4, -0.2) is 17.2 Å². The van der Waals surface area contributed by atoms with Gasteiger partial charge in [-0.05, 0) is 35.9 Å². The number of carbonyl (C=O) groups excluding carboxylic acids is 2. The summed E-state index contributed by atoms with van der Waals surface area (Å²) < 4.78 is 6.02. The predicted molar refractivity (Wildman–Crippen MR) is 127 cm³/mol. The largest absolute Gasteiger partial charge is 0.489 e. The number of aromatic nitrogens is 1. The molecule has 3 aromatic carbocycles. The van der Waals surface area contributed by atoms with E-state index >= 15 is 0 Å². The third-order valence-corrected chi connectivity index (χ3v) is 5.79. The summed E-state index contributed by atoms with van der Waals surface area (Å²) in [6, 6.07) is 21.9. The number of thiazole rings is 1. The molecule has 4 aromatic rings. The van der Waals surface area contributed by atoms with Crippen LogP contribution in [0.15, 0.2) is 78.2 Å². The van der Waals surface area contributed by atoms with Gasteiger partial charge in [0.25, 0.3) is 5.91 Å². The average Bonchev–Trinajstić information content (AvgIpc) is 3.26. The van der Waals surface area contributed by atoms with Gasteiger partial charge in [0, 0.05) is 33.5 Å². The molecule has 4 rings (SSSR count). The van der Waals surface area contributed by atoms with E-state index in [1.807, 2.05) is 42.5 Å². The fourth-order valence-electron chi connectivity index (χ4n) is 3.08. The van der Waals surface area contributed by atoms with Crippen molar-refractivity contribution < 1.29 is 14.3 Å². The summed E-state index contributed by atoms with van der Waals surface area (Å²) >= 11 is 7.66. The maximum atomic E-state index is 12.4. The molecule has 0 spiro atoms. The Bertz CT molecular complexity index is 1220. The first-order valence-electron chi connectivity index (χ1n) is 9.87. The molecule has 0 saturated heterocycles. The van der Waals surface area contributed by atoms with Crippen LogP contribution in [0.3, 0.4) is 0 Å². The number of nitrogens with one attached hydrogen (secondary N) is 1. The summed E-state index contributed by atoms with van der Waals surface area (Å²) in [4.78, 5) is 27.7. The molecule has 0 atom stereocenters. The second-order valence-corrected chi connectivity index (χ2v) is 8.40. The normalized spacial score (nSPS) is 10.5. The van der Waals surface area contributed by atoms with Crippen LogP contribution >= 0.6 is 22.9 Å². The van der Waals surface area contributed by atoms with Crippen molar-refractivity contribution in [1.82, 2.24) is 4.98 Å². The maximum absolute atomic E-state index is 12.4. The van der Waals surface area contributed by atoms with Gasteiger partial charge in [-0.1, -0.05) is 54.1 Å². The first kappa shape index (κ1) is 21.7. The third-order valence-electron chi connectivity index (χ3n) is 4.70. The standard InChI is InChI=1S/C25H19ClN2O3S/c26-21-10-11-22(31-15-18-4-2-1-3-5-18)20(12-21)13-24-27-23(16-32-24)28-25(30)19-8-6-17(14-29)7-9-19/h1-12,14,16H,13,15H2,(H,28,30). The van der Waals surface area contributed by atoms with Crippen LogP contribution < -0.4 is 10.1 Å². The first-order chi connectivity index (χ1) is 15.6. The number of carbonyl (C=O) groups is 2.